The van der Waals surface area contributed by atoms with Crippen LogP contribution in [0.25, 0.3) is 6.08 Å². The molecule has 0 saturated heterocycles. The van der Waals surface area contributed by atoms with Gasteiger partial charge in [0.15, 0.2) is 11.5 Å². The van der Waals surface area contributed by atoms with Crippen LogP contribution >= 0.6 is 11.5 Å². The van der Waals surface area contributed by atoms with Gasteiger partial charge in [-0.25, -0.2) is 12.8 Å². The third-order valence-electron chi connectivity index (χ3n) is 4.49. The predicted octanol–water partition coefficient (Wildman–Crippen LogP) is 3.60. The molecule has 176 valence electrons. The number of aromatic nitrogens is 2. The maximum Gasteiger partial charge on any atom is 0.268 e. The van der Waals surface area contributed by atoms with Gasteiger partial charge < -0.3 is 9.47 Å². The van der Waals surface area contributed by atoms with E-state index in [2.05, 4.69) is 14.7 Å². The lowest BCUT2D eigenvalue weighted by molar-refractivity contribution is -0.112. The molecular weight excluding hydrogens is 483 g/mol. The molecule has 12 heteroatoms. The SMILES string of the molecule is CCS(=O)(=O)c1nsc(NC(=O)C(C#N)=Cc2ccc(OCc3ccccc3F)c(OC)c2)n1. The lowest BCUT2D eigenvalue weighted by Crippen LogP contribution is -2.13. The van der Waals surface area contributed by atoms with E-state index in [0.717, 1.165) is 0 Å². The van der Waals surface area contributed by atoms with Crippen molar-refractivity contribution in [1.82, 2.24) is 9.36 Å². The molecule has 1 amide bonds. The average molecular weight is 503 g/mol. The fourth-order valence-electron chi connectivity index (χ4n) is 2.66. The highest BCUT2D eigenvalue weighted by atomic mass is 32.2. The summed E-state index contributed by atoms with van der Waals surface area (Å²) >= 11 is 0.695. The van der Waals surface area contributed by atoms with Crippen molar-refractivity contribution in [2.45, 2.75) is 18.7 Å². The van der Waals surface area contributed by atoms with E-state index >= 15 is 0 Å². The molecule has 1 N–H and O–H groups in total. The topological polar surface area (TPSA) is 131 Å². The monoisotopic (exact) mass is 502 g/mol. The second kappa shape index (κ2) is 10.9. The van der Waals surface area contributed by atoms with E-state index in [9.17, 15) is 22.9 Å². The Balaban J connectivity index is 1.75. The number of nitrogens with zero attached hydrogens (tertiary/aromatic N) is 3. The van der Waals surface area contributed by atoms with Gasteiger partial charge >= 0.3 is 0 Å². The van der Waals surface area contributed by atoms with Crippen LogP contribution in [0.3, 0.4) is 0 Å². The average Bonchev–Trinajstić information content (AvgIpc) is 3.31. The fraction of sp³-hybridized carbons (Fsp3) is 0.182. The number of nitriles is 1. The standard InChI is InChI=1S/C22H19FN4O5S2/c1-3-34(29,30)22-26-21(33-27-22)25-20(28)16(12-24)10-14-8-9-18(19(11-14)31-2)32-13-15-6-4-5-7-17(15)23/h4-11H,3,13H2,1-2H3,(H,25,26,27,28). The van der Waals surface area contributed by atoms with Crippen LogP contribution in [-0.4, -0.2) is 36.5 Å². The van der Waals surface area contributed by atoms with E-state index in [-0.39, 0.29) is 34.0 Å². The van der Waals surface area contributed by atoms with Gasteiger partial charge in [-0.2, -0.15) is 14.6 Å². The summed E-state index contributed by atoms with van der Waals surface area (Å²) in [6, 6.07) is 12.8. The molecule has 0 unspecified atom stereocenters. The van der Waals surface area contributed by atoms with Gasteiger partial charge in [0.05, 0.1) is 12.9 Å². The number of anilines is 1. The summed E-state index contributed by atoms with van der Waals surface area (Å²) in [6.07, 6.45) is 1.32. The highest BCUT2D eigenvalue weighted by Crippen LogP contribution is 2.30. The van der Waals surface area contributed by atoms with E-state index in [0.29, 0.717) is 34.2 Å². The number of carbonyl (C=O) groups is 1. The van der Waals surface area contributed by atoms with Crippen LogP contribution in [0.15, 0.2) is 53.2 Å². The normalized spacial score (nSPS) is 11.5. The van der Waals surface area contributed by atoms with Gasteiger partial charge in [0.1, 0.15) is 24.1 Å². The molecule has 0 spiro atoms. The number of carbonyl (C=O) groups excluding carboxylic acids is 1. The minimum absolute atomic E-state index is 0.0122. The number of benzene rings is 2. The molecule has 0 atom stereocenters. The van der Waals surface area contributed by atoms with Crippen molar-refractivity contribution in [3.63, 3.8) is 0 Å². The summed E-state index contributed by atoms with van der Waals surface area (Å²) in [5.74, 6) is -0.674. The number of amides is 1. The number of hydrogen-bond donors (Lipinski definition) is 1. The quantitative estimate of drug-likeness (QED) is 0.347. The Bertz CT molecular complexity index is 1380. The van der Waals surface area contributed by atoms with Crippen molar-refractivity contribution in [1.29, 1.82) is 5.26 Å². The third kappa shape index (κ3) is 5.94. The minimum atomic E-state index is -3.61. The molecule has 0 fully saturated rings. The molecule has 0 bridgehead atoms. The molecule has 34 heavy (non-hydrogen) atoms. The minimum Gasteiger partial charge on any atom is -0.493 e. The number of nitrogens with one attached hydrogen (secondary N) is 1. The van der Waals surface area contributed by atoms with Crippen LogP contribution < -0.4 is 14.8 Å². The van der Waals surface area contributed by atoms with Crippen LogP contribution in [0.5, 0.6) is 11.5 Å². The first-order chi connectivity index (χ1) is 16.3. The van der Waals surface area contributed by atoms with E-state index in [1.165, 1.54) is 26.2 Å². The van der Waals surface area contributed by atoms with E-state index in [4.69, 9.17) is 9.47 Å². The molecule has 0 aliphatic carbocycles. The Labute approximate surface area is 199 Å². The summed E-state index contributed by atoms with van der Waals surface area (Å²) < 4.78 is 52.2. The number of ether oxygens (including phenoxy) is 2. The fourth-order valence-corrected chi connectivity index (χ4v) is 4.24. The number of halogens is 1. The van der Waals surface area contributed by atoms with Crippen LogP contribution in [0, 0.1) is 17.1 Å². The molecule has 3 aromatic rings. The first-order valence-corrected chi connectivity index (χ1v) is 12.2. The number of rotatable bonds is 9. The molecule has 1 heterocycles. The molecule has 0 radical (unpaired) electrons. The highest BCUT2D eigenvalue weighted by molar-refractivity contribution is 7.91. The lowest BCUT2D eigenvalue weighted by atomic mass is 10.1. The van der Waals surface area contributed by atoms with E-state index in [1.807, 2.05) is 0 Å². The van der Waals surface area contributed by atoms with E-state index in [1.54, 1.807) is 42.5 Å². The van der Waals surface area contributed by atoms with Gasteiger partial charge in [-0.3, -0.25) is 10.1 Å². The van der Waals surface area contributed by atoms with Gasteiger partial charge in [0, 0.05) is 17.1 Å². The molecule has 1 aromatic heterocycles. The Hall–Kier alpha value is -3.82. The zero-order valence-corrected chi connectivity index (χ0v) is 19.7. The lowest BCUT2D eigenvalue weighted by Gasteiger charge is -2.12. The van der Waals surface area contributed by atoms with Gasteiger partial charge in [-0.1, -0.05) is 31.2 Å². The maximum atomic E-state index is 13.8. The van der Waals surface area contributed by atoms with Gasteiger partial charge in [0.2, 0.25) is 15.0 Å². The van der Waals surface area contributed by atoms with Crippen LogP contribution in [0.1, 0.15) is 18.1 Å². The third-order valence-corrected chi connectivity index (χ3v) is 6.74. The summed E-state index contributed by atoms with van der Waals surface area (Å²) in [4.78, 5) is 16.3. The largest absolute Gasteiger partial charge is 0.493 e. The van der Waals surface area contributed by atoms with Crippen LogP contribution in [0.2, 0.25) is 0 Å². The zero-order valence-electron chi connectivity index (χ0n) is 18.1. The summed E-state index contributed by atoms with van der Waals surface area (Å²) in [5.41, 5.74) is 0.592. The molecule has 0 saturated carbocycles. The van der Waals surface area contributed by atoms with Gasteiger partial charge in [-0.15, -0.1) is 0 Å². The Kier molecular flexibility index (Phi) is 7.93. The Morgan fingerprint density at radius 1 is 1.26 bits per heavy atom. The second-order valence-corrected chi connectivity index (χ2v) is 9.62. The first kappa shape index (κ1) is 24.8. The van der Waals surface area contributed by atoms with Gasteiger partial charge in [-0.05, 0) is 29.8 Å². The second-order valence-electron chi connectivity index (χ2n) is 6.70. The number of methoxy groups -OCH3 is 1. The highest BCUT2D eigenvalue weighted by Gasteiger charge is 2.20. The number of sulfone groups is 1. The molecule has 3 rings (SSSR count). The predicted molar refractivity (Wildman–Crippen MR) is 124 cm³/mol. The summed E-state index contributed by atoms with van der Waals surface area (Å²) in [7, 11) is -2.19. The van der Waals surface area contributed by atoms with Crippen molar-refractivity contribution in [2.75, 3.05) is 18.2 Å². The molecule has 2 aromatic carbocycles. The van der Waals surface area contributed by atoms with Crippen molar-refractivity contribution < 1.29 is 27.1 Å². The molecule has 0 aliphatic heterocycles. The van der Waals surface area contributed by atoms with E-state index < -0.39 is 15.7 Å². The smallest absolute Gasteiger partial charge is 0.268 e. The molecule has 9 nitrogen and oxygen atoms in total. The summed E-state index contributed by atoms with van der Waals surface area (Å²) in [5, 5.41) is 11.4. The van der Waals surface area contributed by atoms with Crippen molar-refractivity contribution in [3.05, 3.63) is 65.0 Å². The Morgan fingerprint density at radius 3 is 2.71 bits per heavy atom. The van der Waals surface area contributed by atoms with Crippen LogP contribution in [-0.2, 0) is 21.2 Å². The van der Waals surface area contributed by atoms with Gasteiger partial charge in [0.25, 0.3) is 11.1 Å². The van der Waals surface area contributed by atoms with Crippen molar-refractivity contribution >= 4 is 38.5 Å². The summed E-state index contributed by atoms with van der Waals surface area (Å²) in [6.45, 7) is 1.44. The molecular formula is C22H19FN4O5S2. The zero-order chi connectivity index (χ0) is 24.7. The Morgan fingerprint density at radius 2 is 2.03 bits per heavy atom. The van der Waals surface area contributed by atoms with Crippen molar-refractivity contribution in [3.8, 4) is 17.6 Å². The first-order valence-electron chi connectivity index (χ1n) is 9.81. The van der Waals surface area contributed by atoms with Crippen LogP contribution in [0.4, 0.5) is 9.52 Å². The van der Waals surface area contributed by atoms with Crippen molar-refractivity contribution in [2.24, 2.45) is 0 Å². The maximum absolute atomic E-state index is 13.8. The molecule has 0 aliphatic rings. The number of hydrogen-bond acceptors (Lipinski definition) is 9.